The molecule has 1 aliphatic heterocycles. The summed E-state index contributed by atoms with van der Waals surface area (Å²) in [5, 5.41) is 13.0. The topological polar surface area (TPSA) is 104 Å². The number of nitrogens with zero attached hydrogens (tertiary/aromatic N) is 6. The van der Waals surface area contributed by atoms with E-state index in [2.05, 4.69) is 20.0 Å². The van der Waals surface area contributed by atoms with E-state index in [0.717, 1.165) is 25.7 Å². The predicted molar refractivity (Wildman–Crippen MR) is 89.1 cm³/mol. The molecule has 2 aliphatic rings. The number of aromatic nitrogens is 4. The molecular formula is C16H18N6O3. The number of carboxylic acid groups (broad SMARTS) is 1. The smallest absolute Gasteiger partial charge is 0.356 e. The van der Waals surface area contributed by atoms with Crippen molar-refractivity contribution >= 4 is 23.4 Å². The zero-order valence-electron chi connectivity index (χ0n) is 13.8. The number of carboxylic acids is 1. The molecule has 0 radical (unpaired) electrons. The van der Waals surface area contributed by atoms with E-state index in [4.69, 9.17) is 5.11 Å². The van der Waals surface area contributed by atoms with Gasteiger partial charge in [0.05, 0.1) is 12.7 Å². The Morgan fingerprint density at radius 2 is 2.08 bits per heavy atom. The van der Waals surface area contributed by atoms with Crippen molar-refractivity contribution in [1.82, 2.24) is 19.7 Å². The van der Waals surface area contributed by atoms with Crippen LogP contribution < -0.4 is 9.80 Å². The third-order valence-corrected chi connectivity index (χ3v) is 4.83. The number of carbonyl (C=O) groups excluding carboxylic acids is 1. The molecule has 0 atom stereocenters. The fourth-order valence-corrected chi connectivity index (χ4v) is 3.44. The van der Waals surface area contributed by atoms with Crippen molar-refractivity contribution in [3.8, 4) is 5.95 Å². The second-order valence-corrected chi connectivity index (χ2v) is 6.35. The van der Waals surface area contributed by atoms with Crippen LogP contribution in [0.25, 0.3) is 5.95 Å². The highest BCUT2D eigenvalue weighted by atomic mass is 16.4. The minimum atomic E-state index is -1.10. The third-order valence-electron chi connectivity index (χ3n) is 4.83. The lowest BCUT2D eigenvalue weighted by molar-refractivity contribution is -0.117. The normalized spacial score (nSPS) is 17.9. The third kappa shape index (κ3) is 2.61. The number of likely N-dealkylation sites (N-methyl/N-ethyl adjacent to an activating group) is 1. The highest BCUT2D eigenvalue weighted by molar-refractivity contribution is 6.01. The van der Waals surface area contributed by atoms with Crippen LogP contribution in [0, 0.1) is 0 Å². The predicted octanol–water partition coefficient (Wildman–Crippen LogP) is 1.09. The summed E-state index contributed by atoms with van der Waals surface area (Å²) in [7, 11) is 1.71. The van der Waals surface area contributed by atoms with E-state index in [1.54, 1.807) is 18.1 Å². The SMILES string of the molecule is CN1C(=O)CN(C2CCCC2)c2nc(-n3ccc(C(=O)O)n3)ncc21. The van der Waals surface area contributed by atoms with Gasteiger partial charge >= 0.3 is 5.97 Å². The van der Waals surface area contributed by atoms with E-state index >= 15 is 0 Å². The zero-order valence-corrected chi connectivity index (χ0v) is 13.8. The number of carbonyl (C=O) groups is 2. The summed E-state index contributed by atoms with van der Waals surface area (Å²) in [6.45, 7) is 0.296. The number of hydrogen-bond acceptors (Lipinski definition) is 6. The molecule has 4 rings (SSSR count). The molecule has 0 unspecified atom stereocenters. The lowest BCUT2D eigenvalue weighted by Crippen LogP contribution is -2.48. The van der Waals surface area contributed by atoms with Crippen LogP contribution >= 0.6 is 0 Å². The van der Waals surface area contributed by atoms with Crippen molar-refractivity contribution in [2.45, 2.75) is 31.7 Å². The lowest BCUT2D eigenvalue weighted by Gasteiger charge is -2.37. The summed E-state index contributed by atoms with van der Waals surface area (Å²) in [4.78, 5) is 35.8. The Morgan fingerprint density at radius 1 is 1.32 bits per heavy atom. The van der Waals surface area contributed by atoms with Gasteiger partial charge in [0.1, 0.15) is 5.69 Å². The maximum Gasteiger partial charge on any atom is 0.356 e. The van der Waals surface area contributed by atoms with Gasteiger partial charge in [0, 0.05) is 19.3 Å². The molecule has 9 nitrogen and oxygen atoms in total. The molecule has 2 aromatic rings. The molecule has 3 heterocycles. The van der Waals surface area contributed by atoms with Crippen molar-refractivity contribution < 1.29 is 14.7 Å². The Bertz CT molecular complexity index is 842. The molecule has 0 saturated heterocycles. The van der Waals surface area contributed by atoms with Crippen molar-refractivity contribution in [2.75, 3.05) is 23.4 Å². The highest BCUT2D eigenvalue weighted by Crippen LogP contribution is 2.36. The van der Waals surface area contributed by atoms with E-state index in [9.17, 15) is 9.59 Å². The van der Waals surface area contributed by atoms with E-state index in [1.165, 1.54) is 16.9 Å². The Hall–Kier alpha value is -2.97. The van der Waals surface area contributed by atoms with Crippen molar-refractivity contribution in [1.29, 1.82) is 0 Å². The Balaban J connectivity index is 1.76. The summed E-state index contributed by atoms with van der Waals surface area (Å²) >= 11 is 0. The van der Waals surface area contributed by atoms with E-state index in [-0.39, 0.29) is 17.5 Å². The van der Waals surface area contributed by atoms with E-state index in [0.29, 0.717) is 24.1 Å². The summed E-state index contributed by atoms with van der Waals surface area (Å²) in [6, 6.07) is 1.70. The first-order chi connectivity index (χ1) is 12.0. The van der Waals surface area contributed by atoms with Gasteiger partial charge in [0.25, 0.3) is 5.95 Å². The summed E-state index contributed by atoms with van der Waals surface area (Å²) in [6.07, 6.45) is 7.50. The minimum absolute atomic E-state index is 0.0167. The second-order valence-electron chi connectivity index (χ2n) is 6.35. The molecule has 9 heteroatoms. The zero-order chi connectivity index (χ0) is 17.6. The van der Waals surface area contributed by atoms with Gasteiger partial charge in [0.2, 0.25) is 5.91 Å². The van der Waals surface area contributed by atoms with Gasteiger partial charge < -0.3 is 14.9 Å². The fraction of sp³-hybridized carbons (Fsp3) is 0.438. The molecular weight excluding hydrogens is 324 g/mol. The number of aromatic carboxylic acids is 1. The molecule has 1 saturated carbocycles. The first kappa shape index (κ1) is 15.6. The van der Waals surface area contributed by atoms with Gasteiger partial charge in [-0.25, -0.2) is 14.5 Å². The molecule has 1 N–H and O–H groups in total. The average molecular weight is 342 g/mol. The fourth-order valence-electron chi connectivity index (χ4n) is 3.44. The lowest BCUT2D eigenvalue weighted by atomic mass is 10.1. The van der Waals surface area contributed by atoms with Crippen LogP contribution in [-0.2, 0) is 4.79 Å². The van der Waals surface area contributed by atoms with Crippen molar-refractivity contribution in [3.63, 3.8) is 0 Å². The largest absolute Gasteiger partial charge is 0.476 e. The first-order valence-electron chi connectivity index (χ1n) is 8.24. The molecule has 0 aromatic carbocycles. The first-order valence-corrected chi connectivity index (χ1v) is 8.24. The standard InChI is InChI=1S/C16H18N6O3/c1-20-12-8-17-16(22-7-6-11(19-22)15(24)25)18-14(12)21(9-13(20)23)10-4-2-3-5-10/h6-8,10H,2-5,9H2,1H3,(H,24,25). The average Bonchev–Trinajstić information content (AvgIpc) is 3.29. The Morgan fingerprint density at radius 3 is 2.76 bits per heavy atom. The maximum atomic E-state index is 12.3. The number of anilines is 2. The van der Waals surface area contributed by atoms with E-state index < -0.39 is 5.97 Å². The Labute approximate surface area is 143 Å². The van der Waals surface area contributed by atoms with Crippen molar-refractivity contribution in [3.05, 3.63) is 24.2 Å². The molecule has 25 heavy (non-hydrogen) atoms. The maximum absolute atomic E-state index is 12.3. The molecule has 1 amide bonds. The van der Waals surface area contributed by atoms with Crippen LogP contribution in [0.5, 0.6) is 0 Å². The van der Waals surface area contributed by atoms with Crippen LogP contribution in [-0.4, -0.2) is 56.4 Å². The van der Waals surface area contributed by atoms with Gasteiger partial charge in [0.15, 0.2) is 11.5 Å². The quantitative estimate of drug-likeness (QED) is 0.890. The number of amides is 1. The van der Waals surface area contributed by atoms with Gasteiger partial charge in [-0.3, -0.25) is 4.79 Å². The van der Waals surface area contributed by atoms with Gasteiger partial charge in [-0.05, 0) is 18.9 Å². The van der Waals surface area contributed by atoms with Crippen LogP contribution in [0.4, 0.5) is 11.5 Å². The van der Waals surface area contributed by atoms with Gasteiger partial charge in [-0.2, -0.15) is 10.1 Å². The van der Waals surface area contributed by atoms with Crippen LogP contribution in [0.2, 0.25) is 0 Å². The van der Waals surface area contributed by atoms with Crippen LogP contribution in [0.3, 0.4) is 0 Å². The molecule has 2 aromatic heterocycles. The number of rotatable bonds is 3. The highest BCUT2D eigenvalue weighted by Gasteiger charge is 2.34. The molecule has 130 valence electrons. The summed E-state index contributed by atoms with van der Waals surface area (Å²) in [5.41, 5.74) is 0.596. The van der Waals surface area contributed by atoms with Crippen molar-refractivity contribution in [2.24, 2.45) is 0 Å². The van der Waals surface area contributed by atoms with Gasteiger partial charge in [-0.15, -0.1) is 0 Å². The second kappa shape index (κ2) is 5.83. The summed E-state index contributed by atoms with van der Waals surface area (Å²) in [5.74, 6) is -0.0963. The minimum Gasteiger partial charge on any atom is -0.476 e. The number of hydrogen-bond donors (Lipinski definition) is 1. The molecule has 0 spiro atoms. The summed E-state index contributed by atoms with van der Waals surface area (Å²) < 4.78 is 1.34. The molecule has 0 bridgehead atoms. The monoisotopic (exact) mass is 342 g/mol. The van der Waals surface area contributed by atoms with Crippen LogP contribution in [0.15, 0.2) is 18.5 Å². The Kier molecular flexibility index (Phi) is 3.63. The molecule has 1 fully saturated rings. The molecule has 1 aliphatic carbocycles. The van der Waals surface area contributed by atoms with Gasteiger partial charge in [-0.1, -0.05) is 12.8 Å². The van der Waals surface area contributed by atoms with Crippen LogP contribution in [0.1, 0.15) is 36.2 Å². The van der Waals surface area contributed by atoms with E-state index in [1.807, 2.05) is 0 Å². The number of fused-ring (bicyclic) bond motifs is 1.